The van der Waals surface area contributed by atoms with Crippen LogP contribution in [0.3, 0.4) is 0 Å². The Bertz CT molecular complexity index is 735. The summed E-state index contributed by atoms with van der Waals surface area (Å²) in [5.41, 5.74) is 8.53. The van der Waals surface area contributed by atoms with Gasteiger partial charge in [-0.05, 0) is 43.0 Å². The third-order valence-electron chi connectivity index (χ3n) is 3.98. The molecule has 0 unspecified atom stereocenters. The number of hydrogen-bond donors (Lipinski definition) is 1. The van der Waals surface area contributed by atoms with E-state index in [-0.39, 0.29) is 5.78 Å². The monoisotopic (exact) mass is 301 g/mol. The molecule has 5 heteroatoms. The zero-order chi connectivity index (χ0) is 14.4. The van der Waals surface area contributed by atoms with Crippen LogP contribution in [0.4, 0.5) is 5.00 Å². The van der Waals surface area contributed by atoms with Gasteiger partial charge in [-0.25, -0.2) is 0 Å². The topological polar surface area (TPSA) is 61.6 Å². The normalized spacial score (nSPS) is 15.8. The summed E-state index contributed by atoms with van der Waals surface area (Å²) in [5, 5.41) is 0.639. The van der Waals surface area contributed by atoms with Crippen molar-refractivity contribution in [2.45, 2.75) is 19.3 Å². The summed E-state index contributed by atoms with van der Waals surface area (Å²) in [6, 6.07) is 5.34. The van der Waals surface area contributed by atoms with Gasteiger partial charge in [0, 0.05) is 10.4 Å². The molecule has 108 valence electrons. The van der Waals surface area contributed by atoms with Crippen molar-refractivity contribution in [3.63, 3.8) is 0 Å². The van der Waals surface area contributed by atoms with Crippen LogP contribution >= 0.6 is 11.3 Å². The van der Waals surface area contributed by atoms with Crippen LogP contribution in [0.5, 0.6) is 11.5 Å². The van der Waals surface area contributed by atoms with Crippen molar-refractivity contribution >= 4 is 22.1 Å². The number of nitrogen functional groups attached to an aromatic ring is 1. The molecule has 4 nitrogen and oxygen atoms in total. The molecule has 21 heavy (non-hydrogen) atoms. The first-order chi connectivity index (χ1) is 10.2. The van der Waals surface area contributed by atoms with E-state index in [0.29, 0.717) is 40.8 Å². The fourth-order valence-electron chi connectivity index (χ4n) is 3.00. The minimum Gasteiger partial charge on any atom is -0.486 e. The Morgan fingerprint density at radius 1 is 1.14 bits per heavy atom. The molecule has 0 amide bonds. The fraction of sp³-hybridized carbons (Fsp3) is 0.312. The van der Waals surface area contributed by atoms with E-state index in [1.54, 1.807) is 29.5 Å². The number of ketones is 1. The summed E-state index contributed by atoms with van der Waals surface area (Å²) in [5.74, 6) is 1.32. The molecule has 2 aliphatic rings. The van der Waals surface area contributed by atoms with Gasteiger partial charge >= 0.3 is 0 Å². The molecule has 0 bridgehead atoms. The fourth-order valence-corrected chi connectivity index (χ4v) is 4.16. The third-order valence-corrected chi connectivity index (χ3v) is 5.10. The Labute approximate surface area is 126 Å². The van der Waals surface area contributed by atoms with Crippen molar-refractivity contribution in [2.75, 3.05) is 18.9 Å². The number of benzene rings is 1. The second-order valence-corrected chi connectivity index (χ2v) is 6.42. The molecular weight excluding hydrogens is 286 g/mol. The maximum Gasteiger partial charge on any atom is 0.196 e. The Hall–Kier alpha value is -2.01. The molecule has 2 aromatic rings. The zero-order valence-electron chi connectivity index (χ0n) is 11.5. The molecule has 0 fully saturated rings. The first-order valence-corrected chi connectivity index (χ1v) is 7.90. The summed E-state index contributed by atoms with van der Waals surface area (Å²) in [4.78, 5) is 14.1. The van der Waals surface area contributed by atoms with Crippen molar-refractivity contribution in [3.05, 3.63) is 39.8 Å². The first kappa shape index (κ1) is 12.7. The summed E-state index contributed by atoms with van der Waals surface area (Å²) in [6.07, 6.45) is 3.11. The van der Waals surface area contributed by atoms with Crippen molar-refractivity contribution < 1.29 is 14.3 Å². The van der Waals surface area contributed by atoms with E-state index >= 15 is 0 Å². The van der Waals surface area contributed by atoms with Crippen LogP contribution in [0.25, 0.3) is 0 Å². The Morgan fingerprint density at radius 2 is 1.95 bits per heavy atom. The van der Waals surface area contributed by atoms with E-state index in [1.165, 1.54) is 4.88 Å². The van der Waals surface area contributed by atoms with Gasteiger partial charge in [0.05, 0.1) is 10.6 Å². The lowest BCUT2D eigenvalue weighted by molar-refractivity contribution is 0.103. The Kier molecular flexibility index (Phi) is 2.89. The number of ether oxygens (including phenoxy) is 2. The number of hydrogen-bond acceptors (Lipinski definition) is 5. The Balaban J connectivity index is 1.75. The summed E-state index contributed by atoms with van der Waals surface area (Å²) < 4.78 is 11.0. The SMILES string of the molecule is Nc1sc2c(c1C(=O)c1ccc3c(c1)OCCO3)CCC2. The van der Waals surface area contributed by atoms with E-state index in [4.69, 9.17) is 15.2 Å². The molecule has 0 saturated carbocycles. The molecule has 0 radical (unpaired) electrons. The highest BCUT2D eigenvalue weighted by atomic mass is 32.1. The lowest BCUT2D eigenvalue weighted by Gasteiger charge is -2.18. The average Bonchev–Trinajstić information content (AvgIpc) is 3.06. The van der Waals surface area contributed by atoms with Crippen LogP contribution in [0.1, 0.15) is 32.8 Å². The highest BCUT2D eigenvalue weighted by molar-refractivity contribution is 7.16. The van der Waals surface area contributed by atoms with Gasteiger partial charge in [0.25, 0.3) is 0 Å². The minimum atomic E-state index is -0.0103. The van der Waals surface area contributed by atoms with Gasteiger partial charge < -0.3 is 15.2 Å². The van der Waals surface area contributed by atoms with E-state index in [1.807, 2.05) is 0 Å². The number of carbonyl (C=O) groups excluding carboxylic acids is 1. The van der Waals surface area contributed by atoms with Crippen LogP contribution in [0, 0.1) is 0 Å². The van der Waals surface area contributed by atoms with Crippen molar-refractivity contribution in [1.82, 2.24) is 0 Å². The van der Waals surface area contributed by atoms with Gasteiger partial charge in [0.1, 0.15) is 13.2 Å². The number of thiophene rings is 1. The predicted octanol–water partition coefficient (Wildman–Crippen LogP) is 2.82. The molecule has 1 aliphatic heterocycles. The smallest absolute Gasteiger partial charge is 0.196 e. The van der Waals surface area contributed by atoms with Crippen LogP contribution in [-0.4, -0.2) is 19.0 Å². The number of rotatable bonds is 2. The number of aryl methyl sites for hydroxylation is 1. The summed E-state index contributed by atoms with van der Waals surface area (Å²) in [7, 11) is 0. The van der Waals surface area contributed by atoms with E-state index < -0.39 is 0 Å². The quantitative estimate of drug-likeness (QED) is 0.866. The van der Waals surface area contributed by atoms with Crippen molar-refractivity contribution in [2.24, 2.45) is 0 Å². The summed E-state index contributed by atoms with van der Waals surface area (Å²) >= 11 is 1.56. The van der Waals surface area contributed by atoms with Gasteiger partial charge in [0.15, 0.2) is 17.3 Å². The van der Waals surface area contributed by atoms with Crippen molar-refractivity contribution in [3.8, 4) is 11.5 Å². The average molecular weight is 301 g/mol. The van der Waals surface area contributed by atoms with Crippen LogP contribution < -0.4 is 15.2 Å². The number of anilines is 1. The zero-order valence-corrected chi connectivity index (χ0v) is 12.3. The number of fused-ring (bicyclic) bond motifs is 2. The minimum absolute atomic E-state index is 0.0103. The van der Waals surface area contributed by atoms with Crippen LogP contribution in [0.2, 0.25) is 0 Å². The second-order valence-electron chi connectivity index (χ2n) is 5.28. The molecule has 0 spiro atoms. The van der Waals surface area contributed by atoms with Crippen LogP contribution in [0.15, 0.2) is 18.2 Å². The molecule has 0 saturated heterocycles. The lowest BCUT2D eigenvalue weighted by atomic mass is 10.00. The molecule has 4 rings (SSSR count). The molecule has 2 heterocycles. The second kappa shape index (κ2) is 4.77. The molecule has 0 atom stereocenters. The number of nitrogens with two attached hydrogens (primary N) is 1. The highest BCUT2D eigenvalue weighted by Gasteiger charge is 2.26. The van der Waals surface area contributed by atoms with Gasteiger partial charge in [-0.3, -0.25) is 4.79 Å². The van der Waals surface area contributed by atoms with Gasteiger partial charge in [0.2, 0.25) is 0 Å². The molecule has 1 aliphatic carbocycles. The lowest BCUT2D eigenvalue weighted by Crippen LogP contribution is -2.16. The predicted molar refractivity (Wildman–Crippen MR) is 81.6 cm³/mol. The van der Waals surface area contributed by atoms with E-state index in [9.17, 15) is 4.79 Å². The number of carbonyl (C=O) groups is 1. The van der Waals surface area contributed by atoms with Gasteiger partial charge in [-0.1, -0.05) is 0 Å². The van der Waals surface area contributed by atoms with Crippen LogP contribution in [-0.2, 0) is 12.8 Å². The molecule has 2 N–H and O–H groups in total. The van der Waals surface area contributed by atoms with Crippen molar-refractivity contribution in [1.29, 1.82) is 0 Å². The van der Waals surface area contributed by atoms with E-state index in [2.05, 4.69) is 0 Å². The van der Waals surface area contributed by atoms with E-state index in [0.717, 1.165) is 24.8 Å². The standard InChI is InChI=1S/C16H15NO3S/c17-16-14(10-2-1-3-13(10)21-16)15(18)9-4-5-11-12(8-9)20-7-6-19-11/h4-5,8H,1-3,6-7,17H2. The maximum atomic E-state index is 12.8. The maximum absolute atomic E-state index is 12.8. The van der Waals surface area contributed by atoms with Gasteiger partial charge in [-0.15, -0.1) is 11.3 Å². The largest absolute Gasteiger partial charge is 0.486 e. The molecule has 1 aromatic heterocycles. The molecular formula is C16H15NO3S. The van der Waals surface area contributed by atoms with Gasteiger partial charge in [-0.2, -0.15) is 0 Å². The first-order valence-electron chi connectivity index (χ1n) is 7.08. The molecule has 1 aromatic carbocycles. The summed E-state index contributed by atoms with van der Waals surface area (Å²) in [6.45, 7) is 1.06. The third kappa shape index (κ3) is 2.00. The Morgan fingerprint density at radius 3 is 2.81 bits per heavy atom. The highest BCUT2D eigenvalue weighted by Crippen LogP contribution is 2.39.